The van der Waals surface area contributed by atoms with Crippen molar-refractivity contribution in [2.24, 2.45) is 5.92 Å². The molecule has 0 bridgehead atoms. The summed E-state index contributed by atoms with van der Waals surface area (Å²) in [5, 5.41) is 10.3. The van der Waals surface area contributed by atoms with Crippen molar-refractivity contribution in [3.05, 3.63) is 29.6 Å². The smallest absolute Gasteiger partial charge is 0.158 e. The Morgan fingerprint density at radius 2 is 2.04 bits per heavy atom. The minimum absolute atomic E-state index is 0.767. The summed E-state index contributed by atoms with van der Waals surface area (Å²) in [7, 11) is 0. The van der Waals surface area contributed by atoms with Crippen molar-refractivity contribution in [2.45, 2.75) is 12.8 Å². The molecule has 5 nitrogen and oxygen atoms in total. The number of hydrogen-bond donors (Lipinski definition) is 0. The van der Waals surface area contributed by atoms with Crippen molar-refractivity contribution < 1.29 is 4.63 Å². The van der Waals surface area contributed by atoms with Crippen LogP contribution in [0.25, 0.3) is 21.5 Å². The van der Waals surface area contributed by atoms with Crippen LogP contribution >= 0.6 is 11.3 Å². The lowest BCUT2D eigenvalue weighted by Crippen LogP contribution is -2.51. The van der Waals surface area contributed by atoms with E-state index in [-0.39, 0.29) is 0 Å². The van der Waals surface area contributed by atoms with E-state index in [4.69, 9.17) is 4.63 Å². The van der Waals surface area contributed by atoms with Crippen LogP contribution in [0.1, 0.15) is 12.8 Å². The second-order valence-electron chi connectivity index (χ2n) is 6.88. The van der Waals surface area contributed by atoms with Crippen LogP contribution in [-0.2, 0) is 0 Å². The van der Waals surface area contributed by atoms with E-state index in [0.29, 0.717) is 0 Å². The van der Waals surface area contributed by atoms with E-state index in [1.54, 1.807) is 11.3 Å². The maximum atomic E-state index is 5.00. The zero-order chi connectivity index (χ0) is 15.9. The summed E-state index contributed by atoms with van der Waals surface area (Å²) in [4.78, 5) is 6.29. The van der Waals surface area contributed by atoms with Crippen molar-refractivity contribution in [1.29, 1.82) is 0 Å². The number of thiophene rings is 1. The lowest BCUT2D eigenvalue weighted by molar-refractivity contribution is 0.247. The number of hydrogen-bond acceptors (Lipinski definition) is 6. The molecule has 0 amide bonds. The number of aromatic nitrogens is 2. The monoisotopic (exact) mass is 340 g/mol. The first-order valence-electron chi connectivity index (χ1n) is 8.64. The minimum atomic E-state index is 0.767. The average molecular weight is 340 g/mol. The van der Waals surface area contributed by atoms with Gasteiger partial charge in [-0.25, -0.2) is 4.63 Å². The molecule has 0 saturated carbocycles. The highest BCUT2D eigenvalue weighted by Crippen LogP contribution is 2.36. The normalized spacial score (nSPS) is 19.2. The first-order valence-corrected chi connectivity index (χ1v) is 9.52. The van der Waals surface area contributed by atoms with E-state index in [1.807, 2.05) is 0 Å². The number of rotatable bonds is 4. The molecular weight excluding hydrogens is 320 g/mol. The van der Waals surface area contributed by atoms with Crippen LogP contribution in [0.5, 0.6) is 0 Å². The zero-order valence-electron chi connectivity index (χ0n) is 13.5. The largest absolute Gasteiger partial charge is 0.369 e. The molecular formula is C18H20N4OS. The molecule has 0 aliphatic carbocycles. The molecule has 3 aromatic rings. The number of benzene rings is 1. The van der Waals surface area contributed by atoms with Gasteiger partial charge in [0.05, 0.1) is 5.69 Å². The van der Waals surface area contributed by atoms with Crippen molar-refractivity contribution >= 4 is 28.1 Å². The van der Waals surface area contributed by atoms with E-state index in [0.717, 1.165) is 35.7 Å². The van der Waals surface area contributed by atoms with Crippen LogP contribution < -0.4 is 4.90 Å². The highest BCUT2D eigenvalue weighted by molar-refractivity contribution is 7.13. The van der Waals surface area contributed by atoms with Gasteiger partial charge in [0.25, 0.3) is 0 Å². The third-order valence-electron chi connectivity index (χ3n) is 5.16. The standard InChI is InChI=1S/C18H20N4OS/c1-2-6-21(5-1)10-13-11-22(12-13)16-9-14(17-4-3-7-24-17)8-15-18(16)20-23-19-15/h3-4,7-9,13H,1-2,5-6,10-12H2. The van der Waals surface area contributed by atoms with Gasteiger partial charge >= 0.3 is 0 Å². The van der Waals surface area contributed by atoms with Gasteiger partial charge in [0, 0.05) is 30.4 Å². The highest BCUT2D eigenvalue weighted by Gasteiger charge is 2.31. The first kappa shape index (κ1) is 14.4. The summed E-state index contributed by atoms with van der Waals surface area (Å²) < 4.78 is 5.00. The predicted octanol–water partition coefficient (Wildman–Crippen LogP) is 3.48. The minimum Gasteiger partial charge on any atom is -0.369 e. The fraction of sp³-hybridized carbons (Fsp3) is 0.444. The van der Waals surface area contributed by atoms with Crippen molar-refractivity contribution in [2.75, 3.05) is 37.6 Å². The Hall–Kier alpha value is -1.92. The van der Waals surface area contributed by atoms with E-state index >= 15 is 0 Å². The lowest BCUT2D eigenvalue weighted by atomic mass is 9.97. The molecule has 2 fully saturated rings. The van der Waals surface area contributed by atoms with Crippen LogP contribution in [-0.4, -0.2) is 47.9 Å². The summed E-state index contributed by atoms with van der Waals surface area (Å²) in [6.07, 6.45) is 2.73. The quantitative estimate of drug-likeness (QED) is 0.727. The number of anilines is 1. The van der Waals surface area contributed by atoms with Crippen LogP contribution in [0.4, 0.5) is 5.69 Å². The van der Waals surface area contributed by atoms with Crippen molar-refractivity contribution in [3.63, 3.8) is 0 Å². The van der Waals surface area contributed by atoms with E-state index in [9.17, 15) is 0 Å². The Balaban J connectivity index is 1.39. The average Bonchev–Trinajstić information content (AvgIpc) is 3.31. The molecule has 2 aliphatic rings. The number of fused-ring (bicyclic) bond motifs is 1. The molecule has 1 aromatic carbocycles. The van der Waals surface area contributed by atoms with Crippen molar-refractivity contribution in [1.82, 2.24) is 15.2 Å². The molecule has 0 radical (unpaired) electrons. The fourth-order valence-electron chi connectivity index (χ4n) is 3.91. The Morgan fingerprint density at radius 3 is 2.83 bits per heavy atom. The number of nitrogens with zero attached hydrogens (tertiary/aromatic N) is 4. The van der Waals surface area contributed by atoms with Gasteiger partial charge in [-0.3, -0.25) is 0 Å². The van der Waals surface area contributed by atoms with E-state index < -0.39 is 0 Å². The Bertz CT molecular complexity index is 832. The first-order chi connectivity index (χ1) is 11.9. The fourth-order valence-corrected chi connectivity index (χ4v) is 4.63. The summed E-state index contributed by atoms with van der Waals surface area (Å²) in [6.45, 7) is 6.00. The molecule has 124 valence electrons. The van der Waals surface area contributed by atoms with Gasteiger partial charge in [-0.1, -0.05) is 6.07 Å². The predicted molar refractivity (Wildman–Crippen MR) is 96.5 cm³/mol. The highest BCUT2D eigenvalue weighted by atomic mass is 32.1. The summed E-state index contributed by atoms with van der Waals surface area (Å²) in [5.41, 5.74) is 4.09. The molecule has 0 atom stereocenters. The molecule has 0 N–H and O–H groups in total. The molecule has 5 rings (SSSR count). The molecule has 6 heteroatoms. The van der Waals surface area contributed by atoms with Gasteiger partial charge < -0.3 is 9.80 Å². The Morgan fingerprint density at radius 1 is 1.17 bits per heavy atom. The topological polar surface area (TPSA) is 45.4 Å². The lowest BCUT2D eigenvalue weighted by Gasteiger charge is -2.42. The molecule has 4 heterocycles. The van der Waals surface area contributed by atoms with Gasteiger partial charge in [0.15, 0.2) is 5.52 Å². The summed E-state index contributed by atoms with van der Waals surface area (Å²) in [5.74, 6) is 0.767. The summed E-state index contributed by atoms with van der Waals surface area (Å²) >= 11 is 1.75. The van der Waals surface area contributed by atoms with E-state index in [1.165, 1.54) is 42.9 Å². The van der Waals surface area contributed by atoms with Gasteiger partial charge in [0.1, 0.15) is 5.52 Å². The SMILES string of the molecule is c1csc(-c2cc(N3CC(CN4CCCC4)C3)c3nonc3c2)c1. The molecule has 24 heavy (non-hydrogen) atoms. The van der Waals surface area contributed by atoms with Gasteiger partial charge in [0.2, 0.25) is 0 Å². The molecule has 2 saturated heterocycles. The second kappa shape index (κ2) is 5.86. The van der Waals surface area contributed by atoms with Crippen LogP contribution in [0.2, 0.25) is 0 Å². The maximum Gasteiger partial charge on any atom is 0.158 e. The number of likely N-dealkylation sites (tertiary alicyclic amines) is 1. The third kappa shape index (κ3) is 2.50. The van der Waals surface area contributed by atoms with Crippen molar-refractivity contribution in [3.8, 4) is 10.4 Å². The molecule has 2 aromatic heterocycles. The zero-order valence-corrected chi connectivity index (χ0v) is 14.3. The van der Waals surface area contributed by atoms with E-state index in [2.05, 4.69) is 49.8 Å². The third-order valence-corrected chi connectivity index (χ3v) is 6.08. The summed E-state index contributed by atoms with van der Waals surface area (Å²) in [6, 6.07) is 8.54. The van der Waals surface area contributed by atoms with Gasteiger partial charge in [-0.05, 0) is 65.4 Å². The molecule has 0 unspecified atom stereocenters. The van der Waals surface area contributed by atoms with Gasteiger partial charge in [-0.15, -0.1) is 11.3 Å². The Labute approximate surface area is 144 Å². The Kier molecular flexibility index (Phi) is 3.52. The van der Waals surface area contributed by atoms with Crippen LogP contribution in [0.15, 0.2) is 34.3 Å². The van der Waals surface area contributed by atoms with Crippen LogP contribution in [0.3, 0.4) is 0 Å². The van der Waals surface area contributed by atoms with Crippen LogP contribution in [0, 0.1) is 5.92 Å². The second-order valence-corrected chi connectivity index (χ2v) is 7.83. The molecule has 2 aliphatic heterocycles. The molecule has 0 spiro atoms. The maximum absolute atomic E-state index is 5.00. The van der Waals surface area contributed by atoms with Gasteiger partial charge in [-0.2, -0.15) is 0 Å².